The number of Topliss-reactive ketones (excluding diaryl/α,β-unsaturated/α-hetero) is 1. The van der Waals surface area contributed by atoms with Gasteiger partial charge < -0.3 is 15.1 Å². The van der Waals surface area contributed by atoms with Crippen LogP contribution < -0.4 is 10.2 Å². The van der Waals surface area contributed by atoms with Crippen molar-refractivity contribution in [2.75, 3.05) is 36.4 Å². The van der Waals surface area contributed by atoms with Gasteiger partial charge in [0.15, 0.2) is 5.78 Å². The predicted molar refractivity (Wildman–Crippen MR) is 114 cm³/mol. The number of nitrogens with one attached hydrogen (secondary N) is 1. The number of para-hydroxylation sites is 1. The van der Waals surface area contributed by atoms with E-state index in [0.717, 1.165) is 18.8 Å². The molecular weight excluding hydrogens is 366 g/mol. The number of nitrogens with zero attached hydrogens (tertiary/aromatic N) is 2. The third-order valence-electron chi connectivity index (χ3n) is 5.34. The molecule has 0 radical (unpaired) electrons. The summed E-state index contributed by atoms with van der Waals surface area (Å²) in [5.74, 6) is -0.570. The number of carbonyl (C=O) groups is 3. The number of hydrogen-bond donors (Lipinski definition) is 1. The highest BCUT2D eigenvalue weighted by Crippen LogP contribution is 2.24. The SMILES string of the molecule is CC(=O)c1ccc(NC(=O)C(C)(C)C(=O)N2CCN(c3ccccc3)CC2)cc1. The van der Waals surface area contributed by atoms with Crippen LogP contribution in [0.25, 0.3) is 0 Å². The minimum absolute atomic E-state index is 0.0342. The van der Waals surface area contributed by atoms with Crippen LogP contribution >= 0.6 is 0 Å². The first kappa shape index (κ1) is 20.6. The van der Waals surface area contributed by atoms with Crippen LogP contribution in [-0.4, -0.2) is 48.7 Å². The van der Waals surface area contributed by atoms with Crippen LogP contribution in [0.5, 0.6) is 0 Å². The highest BCUT2D eigenvalue weighted by atomic mass is 16.2. The van der Waals surface area contributed by atoms with Crippen LogP contribution in [0, 0.1) is 5.41 Å². The van der Waals surface area contributed by atoms with Crippen molar-refractivity contribution in [1.29, 1.82) is 0 Å². The summed E-state index contributed by atoms with van der Waals surface area (Å²) in [6, 6.07) is 16.8. The first-order chi connectivity index (χ1) is 13.8. The largest absolute Gasteiger partial charge is 0.368 e. The zero-order chi connectivity index (χ0) is 21.0. The van der Waals surface area contributed by atoms with Crippen molar-refractivity contribution in [2.24, 2.45) is 5.41 Å². The number of benzene rings is 2. The summed E-state index contributed by atoms with van der Waals surface area (Å²) in [5.41, 5.74) is 1.10. The van der Waals surface area contributed by atoms with Crippen LogP contribution in [0.4, 0.5) is 11.4 Å². The molecule has 0 aromatic heterocycles. The first-order valence-electron chi connectivity index (χ1n) is 9.81. The summed E-state index contributed by atoms with van der Waals surface area (Å²) in [6.07, 6.45) is 0. The van der Waals surface area contributed by atoms with Gasteiger partial charge in [-0.05, 0) is 57.2 Å². The van der Waals surface area contributed by atoms with E-state index in [9.17, 15) is 14.4 Å². The summed E-state index contributed by atoms with van der Waals surface area (Å²) in [5, 5.41) is 2.79. The average molecular weight is 393 g/mol. The molecule has 1 N–H and O–H groups in total. The molecule has 1 saturated heterocycles. The lowest BCUT2D eigenvalue weighted by Crippen LogP contribution is -2.54. The Morgan fingerprint density at radius 1 is 0.862 bits per heavy atom. The fraction of sp³-hybridized carbons (Fsp3) is 0.348. The molecule has 6 nitrogen and oxygen atoms in total. The normalized spacial score (nSPS) is 14.4. The maximum Gasteiger partial charge on any atom is 0.239 e. The number of piperazine rings is 1. The lowest BCUT2D eigenvalue weighted by atomic mass is 9.89. The molecule has 29 heavy (non-hydrogen) atoms. The molecule has 1 aliphatic heterocycles. The highest BCUT2D eigenvalue weighted by molar-refractivity contribution is 6.10. The van der Waals surface area contributed by atoms with Crippen molar-refractivity contribution in [1.82, 2.24) is 4.90 Å². The summed E-state index contributed by atoms with van der Waals surface area (Å²) < 4.78 is 0. The number of rotatable bonds is 5. The average Bonchev–Trinajstić information content (AvgIpc) is 2.74. The Bertz CT molecular complexity index is 883. The van der Waals surface area contributed by atoms with E-state index >= 15 is 0 Å². The van der Waals surface area contributed by atoms with Gasteiger partial charge in [0, 0.05) is 43.1 Å². The van der Waals surface area contributed by atoms with Gasteiger partial charge in [0.1, 0.15) is 5.41 Å². The minimum Gasteiger partial charge on any atom is -0.368 e. The summed E-state index contributed by atoms with van der Waals surface area (Å²) in [4.78, 5) is 41.2. The molecule has 0 spiro atoms. The van der Waals surface area contributed by atoms with Crippen molar-refractivity contribution < 1.29 is 14.4 Å². The van der Waals surface area contributed by atoms with E-state index in [0.29, 0.717) is 24.3 Å². The fourth-order valence-corrected chi connectivity index (χ4v) is 3.37. The van der Waals surface area contributed by atoms with Crippen LogP contribution in [0.15, 0.2) is 54.6 Å². The molecule has 152 valence electrons. The number of hydrogen-bond acceptors (Lipinski definition) is 4. The zero-order valence-corrected chi connectivity index (χ0v) is 17.1. The molecule has 0 unspecified atom stereocenters. The molecule has 6 heteroatoms. The van der Waals surface area contributed by atoms with Gasteiger partial charge in [-0.1, -0.05) is 18.2 Å². The van der Waals surface area contributed by atoms with E-state index in [-0.39, 0.29) is 17.6 Å². The molecule has 2 amide bonds. The third kappa shape index (κ3) is 4.65. The van der Waals surface area contributed by atoms with Gasteiger partial charge in [-0.2, -0.15) is 0 Å². The Morgan fingerprint density at radius 3 is 2.00 bits per heavy atom. The Morgan fingerprint density at radius 2 is 1.45 bits per heavy atom. The first-order valence-corrected chi connectivity index (χ1v) is 9.81. The minimum atomic E-state index is -1.19. The van der Waals surface area contributed by atoms with Crippen molar-refractivity contribution in [3.63, 3.8) is 0 Å². The monoisotopic (exact) mass is 393 g/mol. The lowest BCUT2D eigenvalue weighted by Gasteiger charge is -2.39. The van der Waals surface area contributed by atoms with Crippen molar-refractivity contribution in [3.8, 4) is 0 Å². The lowest BCUT2D eigenvalue weighted by molar-refractivity contribution is -0.146. The molecule has 1 aliphatic rings. The zero-order valence-electron chi connectivity index (χ0n) is 17.1. The molecule has 0 aliphatic carbocycles. The summed E-state index contributed by atoms with van der Waals surface area (Å²) in [6.45, 7) is 7.43. The molecule has 0 bridgehead atoms. The highest BCUT2D eigenvalue weighted by Gasteiger charge is 2.40. The van der Waals surface area contributed by atoms with Crippen molar-refractivity contribution in [3.05, 3.63) is 60.2 Å². The van der Waals surface area contributed by atoms with E-state index < -0.39 is 5.41 Å². The van der Waals surface area contributed by atoms with Crippen molar-refractivity contribution in [2.45, 2.75) is 20.8 Å². The molecular formula is C23H27N3O3. The second-order valence-corrected chi connectivity index (χ2v) is 7.83. The van der Waals surface area contributed by atoms with Gasteiger partial charge in [-0.3, -0.25) is 14.4 Å². The Hall–Kier alpha value is -3.15. The van der Waals surface area contributed by atoms with Gasteiger partial charge in [-0.15, -0.1) is 0 Å². The second kappa shape index (κ2) is 8.47. The van der Waals surface area contributed by atoms with E-state index in [1.165, 1.54) is 6.92 Å². The number of carbonyl (C=O) groups excluding carboxylic acids is 3. The maximum atomic E-state index is 13.0. The van der Waals surface area contributed by atoms with Crippen LogP contribution in [-0.2, 0) is 9.59 Å². The van der Waals surface area contributed by atoms with Gasteiger partial charge in [0.05, 0.1) is 0 Å². The van der Waals surface area contributed by atoms with Gasteiger partial charge in [0.2, 0.25) is 11.8 Å². The van der Waals surface area contributed by atoms with E-state index in [4.69, 9.17) is 0 Å². The van der Waals surface area contributed by atoms with Crippen LogP contribution in [0.1, 0.15) is 31.1 Å². The molecule has 2 aromatic rings. The smallest absolute Gasteiger partial charge is 0.239 e. The number of ketones is 1. The van der Waals surface area contributed by atoms with Gasteiger partial charge in [-0.25, -0.2) is 0 Å². The standard InChI is InChI=1S/C23H27N3O3/c1-17(27)18-9-11-19(12-10-18)24-21(28)23(2,3)22(29)26-15-13-25(14-16-26)20-7-5-4-6-8-20/h4-12H,13-16H2,1-3H3,(H,24,28). The third-order valence-corrected chi connectivity index (χ3v) is 5.34. The van der Waals surface area contributed by atoms with Gasteiger partial charge >= 0.3 is 0 Å². The summed E-state index contributed by atoms with van der Waals surface area (Å²) >= 11 is 0. The molecule has 3 rings (SSSR count). The molecule has 0 atom stereocenters. The number of amides is 2. The predicted octanol–water partition coefficient (Wildman–Crippen LogP) is 3.20. The second-order valence-electron chi connectivity index (χ2n) is 7.83. The quantitative estimate of drug-likeness (QED) is 0.626. The topological polar surface area (TPSA) is 69.7 Å². The maximum absolute atomic E-state index is 13.0. The van der Waals surface area contributed by atoms with E-state index in [2.05, 4.69) is 22.3 Å². The molecule has 2 aromatic carbocycles. The molecule has 1 heterocycles. The van der Waals surface area contributed by atoms with Crippen molar-refractivity contribution >= 4 is 29.0 Å². The summed E-state index contributed by atoms with van der Waals surface area (Å²) in [7, 11) is 0. The Labute approximate surface area is 171 Å². The van der Waals surface area contributed by atoms with E-state index in [1.807, 2.05) is 18.2 Å². The fourth-order valence-electron chi connectivity index (χ4n) is 3.37. The molecule has 1 fully saturated rings. The van der Waals surface area contributed by atoms with Crippen LogP contribution in [0.2, 0.25) is 0 Å². The molecule has 0 saturated carbocycles. The Balaban J connectivity index is 1.60. The van der Waals surface area contributed by atoms with E-state index in [1.54, 1.807) is 43.0 Å². The van der Waals surface area contributed by atoms with Gasteiger partial charge in [0.25, 0.3) is 0 Å². The number of anilines is 2. The van der Waals surface area contributed by atoms with Crippen LogP contribution in [0.3, 0.4) is 0 Å². The Kier molecular flexibility index (Phi) is 6.01.